The second-order valence-electron chi connectivity index (χ2n) is 5.52. The molecule has 0 fully saturated rings. The van der Waals surface area contributed by atoms with Crippen LogP contribution in [0.4, 0.5) is 5.82 Å². The Bertz CT molecular complexity index is 905. The zero-order valence-corrected chi connectivity index (χ0v) is 14.2. The first kappa shape index (κ1) is 17.0. The number of nitrogens with zero attached hydrogens (tertiary/aromatic N) is 1. The van der Waals surface area contributed by atoms with Crippen molar-refractivity contribution in [3.05, 3.63) is 59.4 Å². The predicted molar refractivity (Wildman–Crippen MR) is 95.4 cm³/mol. The van der Waals surface area contributed by atoms with Crippen LogP contribution < -0.4 is 5.32 Å². The summed E-state index contributed by atoms with van der Waals surface area (Å²) in [6.07, 6.45) is 2.34. The van der Waals surface area contributed by atoms with Crippen LogP contribution in [0, 0.1) is 0 Å². The number of hydrogen-bond acceptors (Lipinski definition) is 4. The number of rotatable bonds is 5. The van der Waals surface area contributed by atoms with Gasteiger partial charge in [0.15, 0.2) is 6.10 Å². The van der Waals surface area contributed by atoms with Gasteiger partial charge in [-0.2, -0.15) is 0 Å². The Morgan fingerprint density at radius 2 is 2.08 bits per heavy atom. The van der Waals surface area contributed by atoms with E-state index in [0.717, 1.165) is 16.5 Å². The van der Waals surface area contributed by atoms with E-state index in [9.17, 15) is 9.59 Å². The zero-order valence-electron chi connectivity index (χ0n) is 13.5. The standard InChI is InChI=1S/C18H16ClN3O3/c1-11(18(24)22-16-7-6-13(19)10-21-16)25-17(23)8-12-9-20-15-5-3-2-4-14(12)15/h2-7,9-11,20H,8H2,1H3,(H,21,22,24)/t11-/m0/s1. The summed E-state index contributed by atoms with van der Waals surface area (Å²) < 4.78 is 5.21. The third-order valence-electron chi connectivity index (χ3n) is 3.67. The summed E-state index contributed by atoms with van der Waals surface area (Å²) in [6.45, 7) is 1.51. The van der Waals surface area contributed by atoms with Crippen LogP contribution >= 0.6 is 11.6 Å². The van der Waals surface area contributed by atoms with Gasteiger partial charge in [0.1, 0.15) is 5.82 Å². The number of aromatic nitrogens is 2. The van der Waals surface area contributed by atoms with Gasteiger partial charge in [0, 0.05) is 23.3 Å². The lowest BCUT2D eigenvalue weighted by molar-refractivity contribution is -0.152. The molecule has 0 spiro atoms. The quantitative estimate of drug-likeness (QED) is 0.686. The third-order valence-corrected chi connectivity index (χ3v) is 3.89. The predicted octanol–water partition coefficient (Wildman–Crippen LogP) is 3.33. The molecule has 0 radical (unpaired) electrons. The first-order valence-corrected chi connectivity index (χ1v) is 8.07. The number of halogens is 1. The molecule has 2 heterocycles. The maximum absolute atomic E-state index is 12.1. The average Bonchev–Trinajstić information content (AvgIpc) is 3.00. The van der Waals surface area contributed by atoms with E-state index in [0.29, 0.717) is 10.8 Å². The van der Waals surface area contributed by atoms with Crippen LogP contribution in [0.15, 0.2) is 48.8 Å². The fourth-order valence-corrected chi connectivity index (χ4v) is 2.52. The van der Waals surface area contributed by atoms with Gasteiger partial charge in [-0.15, -0.1) is 0 Å². The van der Waals surface area contributed by atoms with Crippen LogP contribution in [0.5, 0.6) is 0 Å². The van der Waals surface area contributed by atoms with E-state index in [4.69, 9.17) is 16.3 Å². The van der Waals surface area contributed by atoms with E-state index >= 15 is 0 Å². The molecule has 1 amide bonds. The van der Waals surface area contributed by atoms with Crippen molar-refractivity contribution in [2.75, 3.05) is 5.32 Å². The van der Waals surface area contributed by atoms with Crippen LogP contribution in [0.1, 0.15) is 12.5 Å². The number of nitrogens with one attached hydrogen (secondary N) is 2. The normalized spacial score (nSPS) is 11.9. The molecular weight excluding hydrogens is 342 g/mol. The van der Waals surface area contributed by atoms with E-state index in [1.165, 1.54) is 13.1 Å². The molecule has 7 heteroatoms. The Balaban J connectivity index is 1.58. The van der Waals surface area contributed by atoms with Crippen molar-refractivity contribution < 1.29 is 14.3 Å². The molecule has 25 heavy (non-hydrogen) atoms. The number of aromatic amines is 1. The van der Waals surface area contributed by atoms with Gasteiger partial charge in [-0.3, -0.25) is 9.59 Å². The third kappa shape index (κ3) is 4.16. The summed E-state index contributed by atoms with van der Waals surface area (Å²) in [7, 11) is 0. The summed E-state index contributed by atoms with van der Waals surface area (Å²) in [6, 6.07) is 10.9. The smallest absolute Gasteiger partial charge is 0.311 e. The summed E-state index contributed by atoms with van der Waals surface area (Å²) in [4.78, 5) is 31.3. The Hall–Kier alpha value is -2.86. The molecule has 128 valence electrons. The molecule has 1 atom stereocenters. The number of fused-ring (bicyclic) bond motifs is 1. The van der Waals surface area contributed by atoms with Gasteiger partial charge in [-0.25, -0.2) is 4.98 Å². The number of benzene rings is 1. The number of hydrogen-bond donors (Lipinski definition) is 2. The first-order valence-electron chi connectivity index (χ1n) is 7.70. The average molecular weight is 358 g/mol. The molecule has 2 N–H and O–H groups in total. The minimum atomic E-state index is -0.935. The van der Waals surface area contributed by atoms with Gasteiger partial charge >= 0.3 is 5.97 Å². The van der Waals surface area contributed by atoms with Crippen LogP contribution in [0.2, 0.25) is 5.02 Å². The van der Waals surface area contributed by atoms with Crippen molar-refractivity contribution >= 4 is 40.2 Å². The highest BCUT2D eigenvalue weighted by molar-refractivity contribution is 6.30. The molecule has 3 aromatic rings. The van der Waals surface area contributed by atoms with Gasteiger partial charge in [-0.05, 0) is 30.7 Å². The van der Waals surface area contributed by atoms with Gasteiger partial charge in [0.25, 0.3) is 5.91 Å². The molecule has 0 saturated heterocycles. The molecule has 3 rings (SSSR count). The monoisotopic (exact) mass is 357 g/mol. The summed E-state index contributed by atoms with van der Waals surface area (Å²) in [5.41, 5.74) is 1.78. The zero-order chi connectivity index (χ0) is 17.8. The fraction of sp³-hybridized carbons (Fsp3) is 0.167. The topological polar surface area (TPSA) is 84.1 Å². The number of H-pyrrole nitrogens is 1. The Labute approximate surface area is 149 Å². The van der Waals surface area contributed by atoms with E-state index in [1.54, 1.807) is 18.3 Å². The van der Waals surface area contributed by atoms with Crippen molar-refractivity contribution in [2.24, 2.45) is 0 Å². The van der Waals surface area contributed by atoms with Crippen molar-refractivity contribution in [1.29, 1.82) is 0 Å². The molecule has 2 aromatic heterocycles. The second kappa shape index (κ2) is 7.36. The minimum Gasteiger partial charge on any atom is -0.452 e. The molecule has 0 saturated carbocycles. The lowest BCUT2D eigenvalue weighted by Gasteiger charge is -2.13. The van der Waals surface area contributed by atoms with Crippen molar-refractivity contribution in [1.82, 2.24) is 9.97 Å². The van der Waals surface area contributed by atoms with E-state index in [2.05, 4.69) is 15.3 Å². The maximum Gasteiger partial charge on any atom is 0.311 e. The lowest BCUT2D eigenvalue weighted by atomic mass is 10.1. The minimum absolute atomic E-state index is 0.0842. The van der Waals surface area contributed by atoms with Crippen molar-refractivity contribution in [3.63, 3.8) is 0 Å². The molecule has 1 aromatic carbocycles. The van der Waals surface area contributed by atoms with E-state index in [-0.39, 0.29) is 6.42 Å². The Morgan fingerprint density at radius 3 is 2.84 bits per heavy atom. The van der Waals surface area contributed by atoms with Gasteiger partial charge < -0.3 is 15.0 Å². The summed E-state index contributed by atoms with van der Waals surface area (Å²) in [5, 5.41) is 4.00. The van der Waals surface area contributed by atoms with Crippen molar-refractivity contribution in [3.8, 4) is 0 Å². The lowest BCUT2D eigenvalue weighted by Crippen LogP contribution is -2.30. The first-order chi connectivity index (χ1) is 12.0. The molecular formula is C18H16ClN3O3. The number of ether oxygens (including phenoxy) is 1. The van der Waals surface area contributed by atoms with Crippen LogP contribution in [-0.2, 0) is 20.7 Å². The number of pyridine rings is 1. The van der Waals surface area contributed by atoms with E-state index in [1.807, 2.05) is 24.3 Å². The maximum atomic E-state index is 12.1. The number of para-hydroxylation sites is 1. The number of esters is 1. The van der Waals surface area contributed by atoms with E-state index < -0.39 is 18.0 Å². The number of amides is 1. The number of carbonyl (C=O) groups is 2. The highest BCUT2D eigenvalue weighted by Crippen LogP contribution is 2.18. The number of carbonyl (C=O) groups excluding carboxylic acids is 2. The SMILES string of the molecule is C[C@H](OC(=O)Cc1c[nH]c2ccccc12)C(=O)Nc1ccc(Cl)cn1. The van der Waals surface area contributed by atoms with Gasteiger partial charge in [-0.1, -0.05) is 29.8 Å². The molecule has 0 aliphatic carbocycles. The molecule has 0 bridgehead atoms. The molecule has 0 aliphatic rings. The van der Waals surface area contributed by atoms with Crippen LogP contribution in [0.25, 0.3) is 10.9 Å². The largest absolute Gasteiger partial charge is 0.452 e. The number of anilines is 1. The summed E-state index contributed by atoms with van der Waals surface area (Å²) in [5.74, 6) is -0.590. The molecule has 0 unspecified atom stereocenters. The Kier molecular flexibility index (Phi) is 5.00. The Morgan fingerprint density at radius 1 is 1.28 bits per heavy atom. The fourth-order valence-electron chi connectivity index (χ4n) is 2.40. The second-order valence-corrected chi connectivity index (χ2v) is 5.96. The van der Waals surface area contributed by atoms with Crippen LogP contribution in [0.3, 0.4) is 0 Å². The van der Waals surface area contributed by atoms with Gasteiger partial charge in [0.05, 0.1) is 11.4 Å². The molecule has 6 nitrogen and oxygen atoms in total. The highest BCUT2D eigenvalue weighted by Gasteiger charge is 2.19. The van der Waals surface area contributed by atoms with Gasteiger partial charge in [0.2, 0.25) is 0 Å². The molecule has 0 aliphatic heterocycles. The van der Waals surface area contributed by atoms with Crippen molar-refractivity contribution in [2.45, 2.75) is 19.4 Å². The highest BCUT2D eigenvalue weighted by atomic mass is 35.5. The summed E-state index contributed by atoms with van der Waals surface area (Å²) >= 11 is 5.74. The van der Waals surface area contributed by atoms with Crippen LogP contribution in [-0.4, -0.2) is 27.9 Å².